The number of sulfonamides is 1. The summed E-state index contributed by atoms with van der Waals surface area (Å²) in [6.45, 7) is 1.58. The zero-order chi connectivity index (χ0) is 17.3. The average molecular weight is 365 g/mol. The number of rotatable bonds is 4. The fraction of sp³-hybridized carbons (Fsp3) is 0.214. The van der Waals surface area contributed by atoms with Gasteiger partial charge in [-0.1, -0.05) is 11.6 Å². The first-order valence-corrected chi connectivity index (χ1v) is 8.26. The van der Waals surface area contributed by atoms with Gasteiger partial charge in [0, 0.05) is 18.4 Å². The molecule has 4 nitrogen and oxygen atoms in total. The Bertz CT molecular complexity index is 795. The lowest BCUT2D eigenvalue weighted by Crippen LogP contribution is -2.27. The van der Waals surface area contributed by atoms with Crippen molar-refractivity contribution in [1.29, 1.82) is 0 Å². The van der Waals surface area contributed by atoms with Crippen molar-refractivity contribution in [3.63, 3.8) is 0 Å². The molecule has 1 unspecified atom stereocenters. The summed E-state index contributed by atoms with van der Waals surface area (Å²) < 4.78 is 65.4. The minimum Gasteiger partial charge on any atom is -0.265 e. The van der Waals surface area contributed by atoms with Gasteiger partial charge in [-0.25, -0.2) is 13.1 Å². The smallest absolute Gasteiger partial charge is 0.265 e. The topological polar surface area (TPSA) is 59.1 Å². The summed E-state index contributed by atoms with van der Waals surface area (Å²) in [5, 5.41) is -0.557. The van der Waals surface area contributed by atoms with Crippen molar-refractivity contribution < 1.29 is 21.6 Å². The molecule has 2 rings (SSSR count). The molecule has 1 atom stereocenters. The molecule has 0 amide bonds. The number of pyridine rings is 1. The SMILES string of the molecule is CC(NS(=O)(=O)c1ccc(Cl)c(C(F)(F)F)c1)c1ccncc1. The Morgan fingerprint density at radius 2 is 1.78 bits per heavy atom. The van der Waals surface area contributed by atoms with Crippen LogP contribution >= 0.6 is 11.6 Å². The number of benzene rings is 1. The molecular weight excluding hydrogens is 353 g/mol. The van der Waals surface area contributed by atoms with Crippen LogP contribution in [0.3, 0.4) is 0 Å². The Morgan fingerprint density at radius 1 is 1.17 bits per heavy atom. The van der Waals surface area contributed by atoms with Crippen molar-refractivity contribution in [2.45, 2.75) is 24.0 Å². The lowest BCUT2D eigenvalue weighted by Gasteiger charge is -2.16. The second-order valence-corrected chi connectivity index (χ2v) is 6.88. The van der Waals surface area contributed by atoms with Gasteiger partial charge in [0.25, 0.3) is 0 Å². The third-order valence-electron chi connectivity index (χ3n) is 3.09. The molecule has 1 aromatic heterocycles. The fourth-order valence-corrected chi connectivity index (χ4v) is 3.39. The maximum Gasteiger partial charge on any atom is 0.417 e. The molecule has 0 aliphatic heterocycles. The van der Waals surface area contributed by atoms with Crippen LogP contribution in [0, 0.1) is 0 Å². The van der Waals surface area contributed by atoms with Crippen molar-refractivity contribution in [2.75, 3.05) is 0 Å². The molecule has 0 spiro atoms. The van der Waals surface area contributed by atoms with E-state index in [-0.39, 0.29) is 0 Å². The minimum atomic E-state index is -4.74. The lowest BCUT2D eigenvalue weighted by molar-refractivity contribution is -0.137. The van der Waals surface area contributed by atoms with Gasteiger partial charge in [0.2, 0.25) is 10.0 Å². The second-order valence-electron chi connectivity index (χ2n) is 4.76. The van der Waals surface area contributed by atoms with Gasteiger partial charge in [-0.3, -0.25) is 4.98 Å². The molecule has 2 aromatic rings. The molecule has 0 aliphatic rings. The Balaban J connectivity index is 2.34. The van der Waals surface area contributed by atoms with Crippen LogP contribution in [0.25, 0.3) is 0 Å². The van der Waals surface area contributed by atoms with Crippen molar-refractivity contribution >= 4 is 21.6 Å². The van der Waals surface area contributed by atoms with E-state index in [1.54, 1.807) is 19.1 Å². The lowest BCUT2D eigenvalue weighted by atomic mass is 10.1. The van der Waals surface area contributed by atoms with E-state index in [0.717, 1.165) is 12.1 Å². The van der Waals surface area contributed by atoms with Crippen LogP contribution in [0.5, 0.6) is 0 Å². The predicted molar refractivity (Wildman–Crippen MR) is 79.4 cm³/mol. The van der Waals surface area contributed by atoms with Gasteiger partial charge in [-0.15, -0.1) is 0 Å². The number of hydrogen-bond acceptors (Lipinski definition) is 3. The average Bonchev–Trinajstić information content (AvgIpc) is 2.46. The maximum atomic E-state index is 12.8. The third kappa shape index (κ3) is 4.21. The number of halogens is 4. The first kappa shape index (κ1) is 17.7. The van der Waals surface area contributed by atoms with E-state index < -0.39 is 37.7 Å². The van der Waals surface area contributed by atoms with E-state index in [2.05, 4.69) is 9.71 Å². The van der Waals surface area contributed by atoms with Crippen molar-refractivity contribution in [1.82, 2.24) is 9.71 Å². The van der Waals surface area contributed by atoms with E-state index in [1.807, 2.05) is 0 Å². The molecule has 0 fully saturated rings. The molecule has 1 heterocycles. The molecule has 124 valence electrons. The zero-order valence-electron chi connectivity index (χ0n) is 11.8. The Hall–Kier alpha value is -1.64. The van der Waals surface area contributed by atoms with Gasteiger partial charge >= 0.3 is 6.18 Å². The van der Waals surface area contributed by atoms with Crippen LogP contribution in [0.2, 0.25) is 5.02 Å². The molecule has 0 saturated heterocycles. The predicted octanol–water partition coefficient (Wildman–Crippen LogP) is 3.79. The summed E-state index contributed by atoms with van der Waals surface area (Å²) in [7, 11) is -4.14. The van der Waals surface area contributed by atoms with Crippen LogP contribution < -0.4 is 4.72 Å². The summed E-state index contributed by atoms with van der Waals surface area (Å²) in [4.78, 5) is 3.31. The highest BCUT2D eigenvalue weighted by molar-refractivity contribution is 7.89. The van der Waals surface area contributed by atoms with Crippen LogP contribution in [0.15, 0.2) is 47.6 Å². The van der Waals surface area contributed by atoms with Gasteiger partial charge in [-0.05, 0) is 42.8 Å². The summed E-state index contributed by atoms with van der Waals surface area (Å²) in [6.07, 6.45) is -1.76. The number of nitrogens with one attached hydrogen (secondary N) is 1. The van der Waals surface area contributed by atoms with Crippen LogP contribution in [-0.4, -0.2) is 13.4 Å². The Morgan fingerprint density at radius 3 is 2.35 bits per heavy atom. The zero-order valence-corrected chi connectivity index (χ0v) is 13.4. The van der Waals surface area contributed by atoms with Gasteiger partial charge < -0.3 is 0 Å². The van der Waals surface area contributed by atoms with Gasteiger partial charge in [0.1, 0.15) is 0 Å². The molecule has 9 heteroatoms. The number of hydrogen-bond donors (Lipinski definition) is 1. The molecule has 1 N–H and O–H groups in total. The highest BCUT2D eigenvalue weighted by Gasteiger charge is 2.34. The van der Waals surface area contributed by atoms with Crippen LogP contribution in [-0.2, 0) is 16.2 Å². The van der Waals surface area contributed by atoms with Gasteiger partial charge in [0.05, 0.1) is 15.5 Å². The van der Waals surface area contributed by atoms with E-state index in [0.29, 0.717) is 11.6 Å². The maximum absolute atomic E-state index is 12.8. The highest BCUT2D eigenvalue weighted by atomic mass is 35.5. The third-order valence-corrected chi connectivity index (χ3v) is 4.96. The van der Waals surface area contributed by atoms with Crippen LogP contribution in [0.1, 0.15) is 24.1 Å². The van der Waals surface area contributed by atoms with E-state index in [9.17, 15) is 21.6 Å². The van der Waals surface area contributed by atoms with E-state index >= 15 is 0 Å². The first-order chi connectivity index (χ1) is 10.6. The normalized spacial score (nSPS) is 13.8. The summed E-state index contributed by atoms with van der Waals surface area (Å²) in [5.41, 5.74) is -0.563. The molecule has 1 aromatic carbocycles. The quantitative estimate of drug-likeness (QED) is 0.897. The molecule has 23 heavy (non-hydrogen) atoms. The van der Waals surface area contributed by atoms with E-state index in [1.165, 1.54) is 12.4 Å². The summed E-state index contributed by atoms with van der Waals surface area (Å²) >= 11 is 5.49. The number of alkyl halides is 3. The summed E-state index contributed by atoms with van der Waals surface area (Å²) in [6, 6.07) is 5.04. The first-order valence-electron chi connectivity index (χ1n) is 6.40. The van der Waals surface area contributed by atoms with Crippen molar-refractivity contribution in [2.24, 2.45) is 0 Å². The molecule has 0 bridgehead atoms. The molecule has 0 aliphatic carbocycles. The standard InChI is InChI=1S/C14H12ClF3N2O2S/c1-9(10-4-6-19-7-5-10)20-23(21,22)11-2-3-13(15)12(8-11)14(16,17)18/h2-9,20H,1H3. The van der Waals surface area contributed by atoms with E-state index in [4.69, 9.17) is 11.6 Å². The Labute approximate surface area is 136 Å². The Kier molecular flexibility index (Phi) is 4.98. The molecule has 0 radical (unpaired) electrons. The minimum absolute atomic E-state index is 0.505. The fourth-order valence-electron chi connectivity index (χ4n) is 1.91. The highest BCUT2D eigenvalue weighted by Crippen LogP contribution is 2.36. The monoisotopic (exact) mass is 364 g/mol. The van der Waals surface area contributed by atoms with Gasteiger partial charge in [-0.2, -0.15) is 13.2 Å². The van der Waals surface area contributed by atoms with Crippen molar-refractivity contribution in [3.8, 4) is 0 Å². The molecular formula is C14H12ClF3N2O2S. The molecule has 0 saturated carbocycles. The summed E-state index contributed by atoms with van der Waals surface area (Å²) in [5.74, 6) is 0. The largest absolute Gasteiger partial charge is 0.417 e. The van der Waals surface area contributed by atoms with Gasteiger partial charge in [0.15, 0.2) is 0 Å². The second kappa shape index (κ2) is 6.46. The number of nitrogens with zero attached hydrogens (tertiary/aromatic N) is 1. The van der Waals surface area contributed by atoms with Crippen molar-refractivity contribution in [3.05, 3.63) is 58.9 Å². The number of aromatic nitrogens is 1. The van der Waals surface area contributed by atoms with Crippen LogP contribution in [0.4, 0.5) is 13.2 Å².